The second kappa shape index (κ2) is 4.38. The van der Waals surface area contributed by atoms with Crippen LogP contribution in [0, 0.1) is 0 Å². The molecule has 0 spiro atoms. The Morgan fingerprint density at radius 3 is 2.43 bits per heavy atom. The van der Waals surface area contributed by atoms with Gasteiger partial charge in [0.1, 0.15) is 11.5 Å². The molecule has 0 heterocycles. The van der Waals surface area contributed by atoms with E-state index in [2.05, 4.69) is 6.08 Å². The summed E-state index contributed by atoms with van der Waals surface area (Å²) in [5.74, 6) is 0.393. The quantitative estimate of drug-likeness (QED) is 0.686. The number of hydrogen-bond acceptors (Lipinski definition) is 2. The molecule has 0 aromatic heterocycles. The van der Waals surface area contributed by atoms with Crippen LogP contribution in [0.2, 0.25) is 0 Å². The molecule has 1 aliphatic rings. The minimum absolute atomic E-state index is 0.192. The van der Waals surface area contributed by atoms with Gasteiger partial charge in [0.2, 0.25) is 0 Å². The molecule has 2 N–H and O–H groups in total. The Balaban J connectivity index is 2.15. The molecule has 3 aromatic rings. The van der Waals surface area contributed by atoms with Crippen molar-refractivity contribution in [3.8, 4) is 22.6 Å². The highest BCUT2D eigenvalue weighted by atomic mass is 16.3. The van der Waals surface area contributed by atoms with Crippen LogP contribution in [0.4, 0.5) is 0 Å². The van der Waals surface area contributed by atoms with Crippen molar-refractivity contribution >= 4 is 16.8 Å². The maximum Gasteiger partial charge on any atom is 0.124 e. The zero-order valence-electron chi connectivity index (χ0n) is 11.4. The Morgan fingerprint density at radius 1 is 0.762 bits per heavy atom. The number of allylic oxidation sites excluding steroid dienone is 1. The Hall–Kier alpha value is -2.74. The predicted octanol–water partition coefficient (Wildman–Crippen LogP) is 4.49. The first-order valence-corrected chi connectivity index (χ1v) is 6.98. The molecule has 102 valence electrons. The topological polar surface area (TPSA) is 40.5 Å². The molecular formula is C19H14O2. The largest absolute Gasteiger partial charge is 0.507 e. The van der Waals surface area contributed by atoms with Gasteiger partial charge in [-0.2, -0.15) is 0 Å². The number of aromatic hydroxyl groups is 2. The molecule has 0 saturated carbocycles. The number of fused-ring (bicyclic) bond motifs is 2. The van der Waals surface area contributed by atoms with Crippen molar-refractivity contribution in [3.05, 3.63) is 65.7 Å². The summed E-state index contributed by atoms with van der Waals surface area (Å²) in [6.45, 7) is 0. The molecule has 21 heavy (non-hydrogen) atoms. The van der Waals surface area contributed by atoms with Gasteiger partial charge in [0, 0.05) is 11.1 Å². The van der Waals surface area contributed by atoms with Crippen LogP contribution in [0.15, 0.2) is 54.6 Å². The van der Waals surface area contributed by atoms with Crippen LogP contribution in [0.5, 0.6) is 11.5 Å². The Kier molecular flexibility index (Phi) is 2.51. The average Bonchev–Trinajstić information content (AvgIpc) is 2.97. The van der Waals surface area contributed by atoms with Crippen molar-refractivity contribution in [3.63, 3.8) is 0 Å². The third-order valence-electron chi connectivity index (χ3n) is 4.09. The van der Waals surface area contributed by atoms with Crippen molar-refractivity contribution in [2.24, 2.45) is 0 Å². The highest BCUT2D eigenvalue weighted by Crippen LogP contribution is 2.45. The monoisotopic (exact) mass is 274 g/mol. The van der Waals surface area contributed by atoms with Gasteiger partial charge in [0.05, 0.1) is 0 Å². The molecule has 0 bridgehead atoms. The lowest BCUT2D eigenvalue weighted by atomic mass is 9.91. The summed E-state index contributed by atoms with van der Waals surface area (Å²) < 4.78 is 0. The van der Waals surface area contributed by atoms with E-state index in [9.17, 15) is 10.2 Å². The highest BCUT2D eigenvalue weighted by molar-refractivity contribution is 6.03. The summed E-state index contributed by atoms with van der Waals surface area (Å²) in [5.41, 5.74) is 3.60. The van der Waals surface area contributed by atoms with E-state index in [0.717, 1.165) is 28.3 Å². The van der Waals surface area contributed by atoms with Gasteiger partial charge in [-0.05, 0) is 40.5 Å². The van der Waals surface area contributed by atoms with E-state index in [1.165, 1.54) is 5.56 Å². The second-order valence-corrected chi connectivity index (χ2v) is 5.32. The number of phenols is 2. The van der Waals surface area contributed by atoms with E-state index in [4.69, 9.17) is 0 Å². The molecule has 2 nitrogen and oxygen atoms in total. The van der Waals surface area contributed by atoms with Gasteiger partial charge in [-0.15, -0.1) is 0 Å². The maximum atomic E-state index is 10.4. The highest BCUT2D eigenvalue weighted by Gasteiger charge is 2.19. The lowest BCUT2D eigenvalue weighted by Gasteiger charge is -2.14. The van der Waals surface area contributed by atoms with E-state index in [1.807, 2.05) is 42.5 Å². The maximum absolute atomic E-state index is 10.4. The Labute approximate surface area is 122 Å². The molecule has 4 rings (SSSR count). The zero-order valence-corrected chi connectivity index (χ0v) is 11.4. The van der Waals surface area contributed by atoms with E-state index in [-0.39, 0.29) is 11.5 Å². The summed E-state index contributed by atoms with van der Waals surface area (Å²) in [4.78, 5) is 0. The first kappa shape index (κ1) is 12.0. The van der Waals surface area contributed by atoms with Crippen molar-refractivity contribution in [2.75, 3.05) is 0 Å². The molecule has 0 unspecified atom stereocenters. The molecule has 0 saturated heterocycles. The first-order valence-electron chi connectivity index (χ1n) is 6.98. The first-order chi connectivity index (χ1) is 10.3. The molecule has 0 amide bonds. The molecule has 0 aliphatic heterocycles. The van der Waals surface area contributed by atoms with Crippen molar-refractivity contribution in [1.82, 2.24) is 0 Å². The van der Waals surface area contributed by atoms with Gasteiger partial charge in [-0.3, -0.25) is 0 Å². The summed E-state index contributed by atoms with van der Waals surface area (Å²) in [7, 11) is 0. The van der Waals surface area contributed by atoms with Gasteiger partial charge >= 0.3 is 0 Å². The molecule has 0 fully saturated rings. The SMILES string of the molecule is Oc1ccc2c(c1-c1c(O)ccc3ccccc13)C=CC2. The second-order valence-electron chi connectivity index (χ2n) is 5.32. The molecule has 0 radical (unpaired) electrons. The minimum atomic E-state index is 0.192. The van der Waals surface area contributed by atoms with E-state index < -0.39 is 0 Å². The van der Waals surface area contributed by atoms with E-state index in [1.54, 1.807) is 12.1 Å². The van der Waals surface area contributed by atoms with Crippen LogP contribution >= 0.6 is 0 Å². The molecule has 0 atom stereocenters. The van der Waals surface area contributed by atoms with Crippen LogP contribution in [-0.4, -0.2) is 10.2 Å². The number of rotatable bonds is 1. The standard InChI is InChI=1S/C19H14O2/c20-16-10-8-12-4-1-2-6-14(12)18(16)19-15-7-3-5-13(15)9-11-17(19)21/h1-4,6-11,20-21H,5H2. The lowest BCUT2D eigenvalue weighted by Crippen LogP contribution is -1.90. The fraction of sp³-hybridized carbons (Fsp3) is 0.0526. The zero-order chi connectivity index (χ0) is 14.4. The van der Waals surface area contributed by atoms with Crippen molar-refractivity contribution in [1.29, 1.82) is 0 Å². The van der Waals surface area contributed by atoms with E-state index in [0.29, 0.717) is 5.56 Å². The van der Waals surface area contributed by atoms with Crippen molar-refractivity contribution in [2.45, 2.75) is 6.42 Å². The van der Waals surface area contributed by atoms with Crippen LogP contribution in [-0.2, 0) is 6.42 Å². The number of hydrogen-bond donors (Lipinski definition) is 2. The molecule has 2 heteroatoms. The average molecular weight is 274 g/mol. The van der Waals surface area contributed by atoms with Crippen molar-refractivity contribution < 1.29 is 10.2 Å². The van der Waals surface area contributed by atoms with Gasteiger partial charge in [-0.1, -0.05) is 48.6 Å². The Bertz CT molecular complexity index is 891. The molecule has 3 aromatic carbocycles. The van der Waals surface area contributed by atoms with Gasteiger partial charge < -0.3 is 10.2 Å². The summed E-state index contributed by atoms with van der Waals surface area (Å²) in [6, 6.07) is 15.1. The normalized spacial score (nSPS) is 12.8. The van der Waals surface area contributed by atoms with Gasteiger partial charge in [0.25, 0.3) is 0 Å². The summed E-state index contributed by atoms with van der Waals surface area (Å²) >= 11 is 0. The van der Waals surface area contributed by atoms with Gasteiger partial charge in [-0.25, -0.2) is 0 Å². The number of benzene rings is 3. The minimum Gasteiger partial charge on any atom is -0.507 e. The third kappa shape index (κ3) is 1.73. The fourth-order valence-corrected chi connectivity index (χ4v) is 3.11. The molecule has 1 aliphatic carbocycles. The summed E-state index contributed by atoms with van der Waals surface area (Å²) in [6.07, 6.45) is 4.97. The van der Waals surface area contributed by atoms with Crippen LogP contribution < -0.4 is 0 Å². The Morgan fingerprint density at radius 2 is 1.52 bits per heavy atom. The predicted molar refractivity (Wildman–Crippen MR) is 85.5 cm³/mol. The summed E-state index contributed by atoms with van der Waals surface area (Å²) in [5, 5.41) is 22.7. The smallest absolute Gasteiger partial charge is 0.124 e. The third-order valence-corrected chi connectivity index (χ3v) is 4.09. The van der Waals surface area contributed by atoms with Gasteiger partial charge in [0.15, 0.2) is 0 Å². The van der Waals surface area contributed by atoms with Crippen LogP contribution in [0.25, 0.3) is 28.0 Å². The lowest BCUT2D eigenvalue weighted by molar-refractivity contribution is 0.469. The van der Waals surface area contributed by atoms with E-state index >= 15 is 0 Å². The van der Waals surface area contributed by atoms with Crippen LogP contribution in [0.1, 0.15) is 11.1 Å². The van der Waals surface area contributed by atoms with Crippen LogP contribution in [0.3, 0.4) is 0 Å². The fourth-order valence-electron chi connectivity index (χ4n) is 3.11. The number of phenolic OH excluding ortho intramolecular Hbond substituents is 2. The molecular weight excluding hydrogens is 260 g/mol.